The van der Waals surface area contributed by atoms with Crippen LogP contribution in [-0.2, 0) is 6.54 Å². The van der Waals surface area contributed by atoms with Crippen LogP contribution in [0.1, 0.15) is 5.56 Å². The third kappa shape index (κ3) is 2.32. The molecule has 0 spiro atoms. The van der Waals surface area contributed by atoms with Crippen molar-refractivity contribution in [3.05, 3.63) is 48.0 Å². The molecule has 0 saturated heterocycles. The fourth-order valence-corrected chi connectivity index (χ4v) is 1.19. The Balaban J connectivity index is 2.22. The van der Waals surface area contributed by atoms with Crippen LogP contribution in [0.4, 0.5) is 4.39 Å². The highest BCUT2D eigenvalue weighted by atomic mass is 19.1. The Morgan fingerprint density at radius 1 is 1.25 bits per heavy atom. The lowest BCUT2D eigenvalue weighted by Crippen LogP contribution is -1.98. The van der Waals surface area contributed by atoms with Gasteiger partial charge in [0.1, 0.15) is 0 Å². The van der Waals surface area contributed by atoms with Gasteiger partial charge in [-0.05, 0) is 23.8 Å². The molecule has 1 aromatic carbocycles. The predicted octanol–water partition coefficient (Wildman–Crippen LogP) is 1.87. The van der Waals surface area contributed by atoms with Gasteiger partial charge in [-0.1, -0.05) is 6.07 Å². The highest BCUT2D eigenvalue weighted by Crippen LogP contribution is 2.22. The van der Waals surface area contributed by atoms with Gasteiger partial charge in [-0.2, -0.15) is 0 Å². The van der Waals surface area contributed by atoms with E-state index in [2.05, 4.69) is 9.97 Å². The molecule has 4 nitrogen and oxygen atoms in total. The fourth-order valence-electron chi connectivity index (χ4n) is 1.19. The zero-order valence-corrected chi connectivity index (χ0v) is 8.43. The monoisotopic (exact) mass is 219 g/mol. The van der Waals surface area contributed by atoms with Crippen molar-refractivity contribution in [2.45, 2.75) is 6.54 Å². The van der Waals surface area contributed by atoms with Crippen molar-refractivity contribution < 1.29 is 9.13 Å². The van der Waals surface area contributed by atoms with Gasteiger partial charge >= 0.3 is 6.01 Å². The maximum atomic E-state index is 13.5. The van der Waals surface area contributed by atoms with Crippen molar-refractivity contribution in [1.82, 2.24) is 9.97 Å². The molecule has 82 valence electrons. The Bertz CT molecular complexity index is 476. The quantitative estimate of drug-likeness (QED) is 0.855. The van der Waals surface area contributed by atoms with Crippen LogP contribution >= 0.6 is 0 Å². The first kappa shape index (κ1) is 10.5. The van der Waals surface area contributed by atoms with E-state index in [1.807, 2.05) is 0 Å². The summed E-state index contributed by atoms with van der Waals surface area (Å²) >= 11 is 0. The molecule has 0 atom stereocenters. The Morgan fingerprint density at radius 3 is 2.62 bits per heavy atom. The SMILES string of the molecule is NCc1ccc(Oc2ncccn2)c(F)c1. The molecule has 0 amide bonds. The molecule has 16 heavy (non-hydrogen) atoms. The van der Waals surface area contributed by atoms with E-state index in [1.165, 1.54) is 24.5 Å². The molecule has 0 radical (unpaired) electrons. The van der Waals surface area contributed by atoms with Gasteiger partial charge in [0, 0.05) is 18.9 Å². The van der Waals surface area contributed by atoms with Gasteiger partial charge in [-0.15, -0.1) is 0 Å². The Morgan fingerprint density at radius 2 is 2.00 bits per heavy atom. The largest absolute Gasteiger partial charge is 0.421 e. The molecule has 2 aromatic rings. The normalized spacial score (nSPS) is 10.1. The highest BCUT2D eigenvalue weighted by Gasteiger charge is 2.06. The standard InChI is InChI=1S/C11H10FN3O/c12-9-6-8(7-13)2-3-10(9)16-11-14-4-1-5-15-11/h1-6H,7,13H2. The van der Waals surface area contributed by atoms with Crippen LogP contribution < -0.4 is 10.5 Å². The van der Waals surface area contributed by atoms with Gasteiger partial charge in [-0.3, -0.25) is 0 Å². The van der Waals surface area contributed by atoms with Gasteiger partial charge < -0.3 is 10.5 Å². The first-order valence-electron chi connectivity index (χ1n) is 4.73. The van der Waals surface area contributed by atoms with E-state index in [9.17, 15) is 4.39 Å². The number of rotatable bonds is 3. The minimum absolute atomic E-state index is 0.0865. The summed E-state index contributed by atoms with van der Waals surface area (Å²) in [7, 11) is 0. The molecule has 5 heteroatoms. The van der Waals surface area contributed by atoms with Crippen LogP contribution in [0.3, 0.4) is 0 Å². The Hall–Kier alpha value is -2.01. The van der Waals surface area contributed by atoms with Crippen LogP contribution in [0, 0.1) is 5.82 Å². The van der Waals surface area contributed by atoms with E-state index in [4.69, 9.17) is 10.5 Å². The summed E-state index contributed by atoms with van der Waals surface area (Å²) in [5.41, 5.74) is 6.10. The molecule has 1 aromatic heterocycles. The smallest absolute Gasteiger partial charge is 0.321 e. The molecule has 2 N–H and O–H groups in total. The van der Waals surface area contributed by atoms with Crippen LogP contribution in [-0.4, -0.2) is 9.97 Å². The van der Waals surface area contributed by atoms with Crippen molar-refractivity contribution in [3.63, 3.8) is 0 Å². The van der Waals surface area contributed by atoms with Crippen molar-refractivity contribution in [2.24, 2.45) is 5.73 Å². The van der Waals surface area contributed by atoms with Crippen molar-refractivity contribution in [1.29, 1.82) is 0 Å². The molecule has 0 aliphatic heterocycles. The van der Waals surface area contributed by atoms with Gasteiger partial charge in [0.2, 0.25) is 0 Å². The average Bonchev–Trinajstić information content (AvgIpc) is 2.33. The summed E-state index contributed by atoms with van der Waals surface area (Å²) in [5.74, 6) is -0.390. The predicted molar refractivity (Wildman–Crippen MR) is 56.4 cm³/mol. The summed E-state index contributed by atoms with van der Waals surface area (Å²) in [6.45, 7) is 0.291. The summed E-state index contributed by atoms with van der Waals surface area (Å²) in [5, 5.41) is 0. The third-order valence-corrected chi connectivity index (χ3v) is 1.98. The van der Waals surface area contributed by atoms with E-state index < -0.39 is 5.82 Å². The summed E-state index contributed by atoms with van der Waals surface area (Å²) in [6, 6.07) is 6.30. The molecule has 0 saturated carbocycles. The van der Waals surface area contributed by atoms with E-state index in [0.29, 0.717) is 12.1 Å². The van der Waals surface area contributed by atoms with E-state index in [-0.39, 0.29) is 11.8 Å². The lowest BCUT2D eigenvalue weighted by Gasteiger charge is -2.05. The molecule has 0 fully saturated rings. The highest BCUT2D eigenvalue weighted by molar-refractivity contribution is 5.30. The number of benzene rings is 1. The number of hydrogen-bond donors (Lipinski definition) is 1. The second-order valence-electron chi connectivity index (χ2n) is 3.10. The Kier molecular flexibility index (Phi) is 3.07. The molecular weight excluding hydrogens is 209 g/mol. The molecule has 0 aliphatic carbocycles. The van der Waals surface area contributed by atoms with Crippen LogP contribution in [0.2, 0.25) is 0 Å². The van der Waals surface area contributed by atoms with Crippen LogP contribution in [0.5, 0.6) is 11.8 Å². The van der Waals surface area contributed by atoms with Crippen molar-refractivity contribution in [3.8, 4) is 11.8 Å². The molecule has 0 bridgehead atoms. The van der Waals surface area contributed by atoms with E-state index in [0.717, 1.165) is 0 Å². The minimum Gasteiger partial charge on any atom is -0.421 e. The summed E-state index contributed by atoms with van der Waals surface area (Å²) in [6.07, 6.45) is 3.04. The zero-order valence-electron chi connectivity index (χ0n) is 8.43. The van der Waals surface area contributed by atoms with Crippen LogP contribution in [0.25, 0.3) is 0 Å². The van der Waals surface area contributed by atoms with Crippen molar-refractivity contribution in [2.75, 3.05) is 0 Å². The van der Waals surface area contributed by atoms with Crippen LogP contribution in [0.15, 0.2) is 36.7 Å². The van der Waals surface area contributed by atoms with Gasteiger partial charge in [0.05, 0.1) is 0 Å². The molecule has 0 aliphatic rings. The number of halogens is 1. The van der Waals surface area contributed by atoms with E-state index in [1.54, 1.807) is 12.1 Å². The van der Waals surface area contributed by atoms with Gasteiger partial charge in [0.25, 0.3) is 0 Å². The second-order valence-corrected chi connectivity index (χ2v) is 3.10. The second kappa shape index (κ2) is 4.67. The fraction of sp³-hybridized carbons (Fsp3) is 0.0909. The first-order chi connectivity index (χ1) is 7.79. The maximum absolute atomic E-state index is 13.5. The summed E-state index contributed by atoms with van der Waals surface area (Å²) in [4.78, 5) is 7.67. The Labute approximate surface area is 91.9 Å². The first-order valence-corrected chi connectivity index (χ1v) is 4.73. The topological polar surface area (TPSA) is 61.0 Å². The molecular formula is C11H10FN3O. The van der Waals surface area contributed by atoms with Gasteiger partial charge in [0.15, 0.2) is 11.6 Å². The number of nitrogens with two attached hydrogens (primary N) is 1. The lowest BCUT2D eigenvalue weighted by molar-refractivity contribution is 0.410. The molecule has 0 unspecified atom stereocenters. The number of ether oxygens (including phenoxy) is 1. The lowest BCUT2D eigenvalue weighted by atomic mass is 10.2. The number of nitrogens with zero attached hydrogens (tertiary/aromatic N) is 2. The number of aromatic nitrogens is 2. The molecule has 2 rings (SSSR count). The average molecular weight is 219 g/mol. The maximum Gasteiger partial charge on any atom is 0.321 e. The molecule has 1 heterocycles. The summed E-state index contributed by atoms with van der Waals surface area (Å²) < 4.78 is 18.7. The van der Waals surface area contributed by atoms with Gasteiger partial charge in [-0.25, -0.2) is 14.4 Å². The number of hydrogen-bond acceptors (Lipinski definition) is 4. The third-order valence-electron chi connectivity index (χ3n) is 1.98. The van der Waals surface area contributed by atoms with Crippen molar-refractivity contribution >= 4 is 0 Å². The minimum atomic E-state index is -0.476. The zero-order chi connectivity index (χ0) is 11.4. The van der Waals surface area contributed by atoms with E-state index >= 15 is 0 Å².